The Hall–Kier alpha value is -2.69. The van der Waals surface area contributed by atoms with Gasteiger partial charge >= 0.3 is 0 Å². The number of hydrogen-bond donors (Lipinski definition) is 1. The number of rotatable bonds is 1. The molecular weight excluding hydrogens is 247 g/mol. The van der Waals surface area contributed by atoms with E-state index in [9.17, 15) is 14.0 Å². The van der Waals surface area contributed by atoms with E-state index < -0.39 is 17.6 Å². The van der Waals surface area contributed by atoms with Crippen molar-refractivity contribution in [2.75, 3.05) is 10.6 Å². The molecule has 3 rings (SSSR count). The molecule has 0 saturated heterocycles. The van der Waals surface area contributed by atoms with Gasteiger partial charge in [-0.2, -0.15) is 0 Å². The molecule has 1 aliphatic rings. The van der Waals surface area contributed by atoms with Crippen molar-refractivity contribution >= 4 is 23.2 Å². The molecule has 4 nitrogen and oxygen atoms in total. The average Bonchev–Trinajstić information content (AvgIpc) is 2.64. The first-order valence-electron chi connectivity index (χ1n) is 5.63. The van der Waals surface area contributed by atoms with Crippen molar-refractivity contribution in [1.29, 1.82) is 0 Å². The zero-order valence-corrected chi connectivity index (χ0v) is 9.76. The summed E-state index contributed by atoms with van der Waals surface area (Å²) in [6.45, 7) is 0. The van der Waals surface area contributed by atoms with E-state index in [4.69, 9.17) is 5.73 Å². The van der Waals surface area contributed by atoms with Gasteiger partial charge in [0.05, 0.1) is 16.8 Å². The smallest absolute Gasteiger partial charge is 0.266 e. The summed E-state index contributed by atoms with van der Waals surface area (Å²) in [7, 11) is 0. The standard InChI is InChI=1S/C14H9FN2O2/c15-10-6-3-7-11(16)12(10)17-13(18)8-4-1-2-5-9(8)14(17)19/h1-7H,16H2. The number of benzene rings is 2. The molecule has 2 amide bonds. The maximum atomic E-state index is 13.8. The molecule has 5 heteroatoms. The van der Waals surface area contributed by atoms with Crippen LogP contribution < -0.4 is 10.6 Å². The van der Waals surface area contributed by atoms with Crippen LogP contribution in [0.4, 0.5) is 15.8 Å². The molecule has 94 valence electrons. The van der Waals surface area contributed by atoms with Crippen LogP contribution in [0.5, 0.6) is 0 Å². The van der Waals surface area contributed by atoms with Crippen LogP contribution in [0, 0.1) is 5.82 Å². The summed E-state index contributed by atoms with van der Waals surface area (Å²) >= 11 is 0. The highest BCUT2D eigenvalue weighted by Crippen LogP contribution is 2.33. The van der Waals surface area contributed by atoms with Crippen molar-refractivity contribution in [3.63, 3.8) is 0 Å². The van der Waals surface area contributed by atoms with Crippen molar-refractivity contribution < 1.29 is 14.0 Å². The Balaban J connectivity index is 2.20. The number of carbonyl (C=O) groups is 2. The average molecular weight is 256 g/mol. The summed E-state index contributed by atoms with van der Waals surface area (Å²) in [6, 6.07) is 10.4. The van der Waals surface area contributed by atoms with Crippen LogP contribution in [0.15, 0.2) is 42.5 Å². The number of amides is 2. The molecule has 2 aromatic carbocycles. The lowest BCUT2D eigenvalue weighted by Gasteiger charge is -2.16. The van der Waals surface area contributed by atoms with Gasteiger partial charge in [-0.1, -0.05) is 18.2 Å². The summed E-state index contributed by atoms with van der Waals surface area (Å²) in [5.74, 6) is -1.82. The summed E-state index contributed by atoms with van der Waals surface area (Å²) < 4.78 is 13.8. The van der Waals surface area contributed by atoms with Gasteiger partial charge in [0.15, 0.2) is 0 Å². The lowest BCUT2D eigenvalue weighted by atomic mass is 10.1. The molecule has 1 heterocycles. The number of carbonyl (C=O) groups excluding carboxylic acids is 2. The summed E-state index contributed by atoms with van der Waals surface area (Å²) in [5, 5.41) is 0. The largest absolute Gasteiger partial charge is 0.397 e. The molecule has 2 N–H and O–H groups in total. The number of nitrogens with zero attached hydrogens (tertiary/aromatic N) is 1. The number of halogens is 1. The number of imide groups is 1. The van der Waals surface area contributed by atoms with E-state index in [1.165, 1.54) is 24.3 Å². The van der Waals surface area contributed by atoms with Crippen LogP contribution >= 0.6 is 0 Å². The third kappa shape index (κ3) is 1.52. The monoisotopic (exact) mass is 256 g/mol. The zero-order chi connectivity index (χ0) is 13.6. The molecular formula is C14H9FN2O2. The van der Waals surface area contributed by atoms with E-state index in [-0.39, 0.29) is 22.5 Å². The van der Waals surface area contributed by atoms with E-state index in [0.29, 0.717) is 0 Å². The lowest BCUT2D eigenvalue weighted by Crippen LogP contribution is -2.31. The van der Waals surface area contributed by atoms with Gasteiger partial charge in [0.25, 0.3) is 11.8 Å². The highest BCUT2D eigenvalue weighted by atomic mass is 19.1. The first-order chi connectivity index (χ1) is 9.11. The van der Waals surface area contributed by atoms with E-state index in [0.717, 1.165) is 11.0 Å². The Kier molecular flexibility index (Phi) is 2.35. The molecule has 0 radical (unpaired) electrons. The summed E-state index contributed by atoms with van der Waals surface area (Å²) in [5.41, 5.74) is 6.06. The normalized spacial score (nSPS) is 13.8. The zero-order valence-electron chi connectivity index (χ0n) is 9.76. The second-order valence-corrected chi connectivity index (χ2v) is 4.17. The number of nitrogens with two attached hydrogens (primary N) is 1. The maximum absolute atomic E-state index is 13.8. The van der Waals surface area contributed by atoms with Gasteiger partial charge in [0.1, 0.15) is 11.5 Å². The molecule has 0 saturated carbocycles. The second kappa shape index (κ2) is 3.91. The van der Waals surface area contributed by atoms with E-state index in [2.05, 4.69) is 0 Å². The minimum absolute atomic E-state index is 0.0505. The summed E-state index contributed by atoms with van der Waals surface area (Å²) in [4.78, 5) is 25.2. The predicted molar refractivity (Wildman–Crippen MR) is 68.4 cm³/mol. The van der Waals surface area contributed by atoms with Crippen molar-refractivity contribution in [2.24, 2.45) is 0 Å². The molecule has 0 atom stereocenters. The van der Waals surface area contributed by atoms with E-state index >= 15 is 0 Å². The number of fused-ring (bicyclic) bond motifs is 1. The first-order valence-corrected chi connectivity index (χ1v) is 5.63. The molecule has 0 bridgehead atoms. The van der Waals surface area contributed by atoms with Crippen LogP contribution in [-0.4, -0.2) is 11.8 Å². The second-order valence-electron chi connectivity index (χ2n) is 4.17. The van der Waals surface area contributed by atoms with Crippen molar-refractivity contribution in [3.05, 3.63) is 59.4 Å². The fourth-order valence-electron chi connectivity index (χ4n) is 2.16. The summed E-state index contributed by atoms with van der Waals surface area (Å²) in [6.07, 6.45) is 0. The van der Waals surface area contributed by atoms with Gasteiger partial charge in [-0.3, -0.25) is 9.59 Å². The fourth-order valence-corrected chi connectivity index (χ4v) is 2.16. The molecule has 0 spiro atoms. The topological polar surface area (TPSA) is 63.4 Å². The highest BCUT2D eigenvalue weighted by molar-refractivity contribution is 6.35. The van der Waals surface area contributed by atoms with Crippen LogP contribution in [0.2, 0.25) is 0 Å². The fraction of sp³-hybridized carbons (Fsp3) is 0. The lowest BCUT2D eigenvalue weighted by molar-refractivity contribution is 0.0925. The number of nitrogen functional groups attached to an aromatic ring is 1. The molecule has 0 fully saturated rings. The molecule has 1 aliphatic heterocycles. The van der Waals surface area contributed by atoms with Crippen molar-refractivity contribution in [2.45, 2.75) is 0 Å². The van der Waals surface area contributed by atoms with Crippen LogP contribution in [0.25, 0.3) is 0 Å². The van der Waals surface area contributed by atoms with Crippen LogP contribution in [0.3, 0.4) is 0 Å². The third-order valence-electron chi connectivity index (χ3n) is 3.04. The molecule has 2 aromatic rings. The van der Waals surface area contributed by atoms with Gasteiger partial charge in [0, 0.05) is 0 Å². The predicted octanol–water partition coefficient (Wildman–Crippen LogP) is 2.21. The minimum atomic E-state index is -0.700. The van der Waals surface area contributed by atoms with Crippen LogP contribution in [-0.2, 0) is 0 Å². The third-order valence-corrected chi connectivity index (χ3v) is 3.04. The van der Waals surface area contributed by atoms with Gasteiger partial charge in [-0.15, -0.1) is 0 Å². The minimum Gasteiger partial charge on any atom is -0.397 e. The molecule has 19 heavy (non-hydrogen) atoms. The quantitative estimate of drug-likeness (QED) is 0.628. The Morgan fingerprint density at radius 1 is 0.895 bits per heavy atom. The maximum Gasteiger partial charge on any atom is 0.266 e. The highest BCUT2D eigenvalue weighted by Gasteiger charge is 2.38. The number of para-hydroxylation sites is 1. The Morgan fingerprint density at radius 3 is 2.00 bits per heavy atom. The molecule has 0 aromatic heterocycles. The van der Waals surface area contributed by atoms with Crippen molar-refractivity contribution in [1.82, 2.24) is 0 Å². The Labute approximate surface area is 108 Å². The molecule has 0 aliphatic carbocycles. The molecule has 0 unspecified atom stereocenters. The van der Waals surface area contributed by atoms with Gasteiger partial charge in [-0.25, -0.2) is 9.29 Å². The Morgan fingerprint density at radius 2 is 1.47 bits per heavy atom. The van der Waals surface area contributed by atoms with Gasteiger partial charge < -0.3 is 5.73 Å². The first kappa shape index (κ1) is 11.4. The number of hydrogen-bond acceptors (Lipinski definition) is 3. The van der Waals surface area contributed by atoms with E-state index in [1.54, 1.807) is 12.1 Å². The van der Waals surface area contributed by atoms with Gasteiger partial charge in [0.2, 0.25) is 0 Å². The number of anilines is 2. The van der Waals surface area contributed by atoms with Gasteiger partial charge in [-0.05, 0) is 24.3 Å². The Bertz CT molecular complexity index is 657. The van der Waals surface area contributed by atoms with Crippen molar-refractivity contribution in [3.8, 4) is 0 Å². The van der Waals surface area contributed by atoms with E-state index in [1.807, 2.05) is 0 Å². The SMILES string of the molecule is Nc1cccc(F)c1N1C(=O)c2ccccc2C1=O. The van der Waals surface area contributed by atoms with Crippen LogP contribution in [0.1, 0.15) is 20.7 Å².